The fourth-order valence-electron chi connectivity index (χ4n) is 2.09. The first-order valence-electron chi connectivity index (χ1n) is 6.33. The van der Waals surface area contributed by atoms with E-state index >= 15 is 0 Å². The zero-order chi connectivity index (χ0) is 14.6. The fourth-order valence-corrected chi connectivity index (χ4v) is 2.09. The zero-order valence-corrected chi connectivity index (χ0v) is 11.9. The van der Waals surface area contributed by atoms with Crippen LogP contribution in [0.25, 0.3) is 5.57 Å². The number of aliphatic carboxylic acids is 1. The zero-order valence-electron chi connectivity index (χ0n) is 11.9. The molecule has 3 nitrogen and oxygen atoms in total. The molecular formula is C16H20O3. The highest BCUT2D eigenvalue weighted by atomic mass is 16.4. The summed E-state index contributed by atoms with van der Waals surface area (Å²) >= 11 is 0. The molecule has 0 aromatic heterocycles. The van der Waals surface area contributed by atoms with Crippen molar-refractivity contribution in [2.24, 2.45) is 5.92 Å². The van der Waals surface area contributed by atoms with E-state index in [1.165, 1.54) is 0 Å². The van der Waals surface area contributed by atoms with Crippen molar-refractivity contribution in [3.8, 4) is 0 Å². The number of rotatable bonds is 5. The smallest absolute Gasteiger partial charge is 0.306 e. The molecule has 0 radical (unpaired) electrons. The number of carbonyl (C=O) groups excluding carboxylic acids is 1. The van der Waals surface area contributed by atoms with E-state index < -0.39 is 11.9 Å². The highest BCUT2D eigenvalue weighted by Gasteiger charge is 2.13. The summed E-state index contributed by atoms with van der Waals surface area (Å²) in [5, 5.41) is 8.88. The third kappa shape index (κ3) is 4.05. The Labute approximate surface area is 114 Å². The molecule has 3 heteroatoms. The Morgan fingerprint density at radius 2 is 1.63 bits per heavy atom. The average molecular weight is 260 g/mol. The first-order valence-corrected chi connectivity index (χ1v) is 6.33. The topological polar surface area (TPSA) is 54.4 Å². The van der Waals surface area contributed by atoms with Gasteiger partial charge in [0.2, 0.25) is 0 Å². The van der Waals surface area contributed by atoms with Crippen LogP contribution in [0.3, 0.4) is 0 Å². The largest absolute Gasteiger partial charge is 0.481 e. The number of carboxylic acids is 1. The van der Waals surface area contributed by atoms with Crippen molar-refractivity contribution in [2.45, 2.75) is 34.1 Å². The Bertz CT molecular complexity index is 505. The summed E-state index contributed by atoms with van der Waals surface area (Å²) < 4.78 is 0. The SMILES string of the molecule is CC(=O)C(=C(C)C)c1ccc(C[C@H](C)C(=O)O)cc1. The second kappa shape index (κ2) is 6.32. The lowest BCUT2D eigenvalue weighted by atomic mass is 9.95. The molecule has 0 unspecified atom stereocenters. The van der Waals surface area contributed by atoms with Crippen LogP contribution in [-0.2, 0) is 16.0 Å². The van der Waals surface area contributed by atoms with Crippen molar-refractivity contribution < 1.29 is 14.7 Å². The third-order valence-electron chi connectivity index (χ3n) is 3.06. The summed E-state index contributed by atoms with van der Waals surface area (Å²) in [5.41, 5.74) is 3.58. The number of carbonyl (C=O) groups is 2. The predicted octanol–water partition coefficient (Wildman–Crippen LogP) is 3.33. The quantitative estimate of drug-likeness (QED) is 0.826. The monoisotopic (exact) mass is 260 g/mol. The lowest BCUT2D eigenvalue weighted by molar-refractivity contribution is -0.141. The van der Waals surface area contributed by atoms with Crippen LogP contribution in [-0.4, -0.2) is 16.9 Å². The lowest BCUT2D eigenvalue weighted by Gasteiger charge is -2.09. The van der Waals surface area contributed by atoms with Gasteiger partial charge in [0.15, 0.2) is 5.78 Å². The number of benzene rings is 1. The van der Waals surface area contributed by atoms with Gasteiger partial charge in [0, 0.05) is 5.57 Å². The van der Waals surface area contributed by atoms with Gasteiger partial charge in [-0.1, -0.05) is 36.8 Å². The molecule has 0 aliphatic carbocycles. The molecule has 1 atom stereocenters. The molecule has 0 bridgehead atoms. The van der Waals surface area contributed by atoms with Crippen molar-refractivity contribution in [1.82, 2.24) is 0 Å². The number of hydrogen-bond acceptors (Lipinski definition) is 2. The minimum atomic E-state index is -0.794. The van der Waals surface area contributed by atoms with Gasteiger partial charge >= 0.3 is 5.97 Å². The minimum absolute atomic E-state index is 0.0478. The third-order valence-corrected chi connectivity index (χ3v) is 3.06. The predicted molar refractivity (Wildman–Crippen MR) is 75.9 cm³/mol. The van der Waals surface area contributed by atoms with Gasteiger partial charge in [-0.15, -0.1) is 0 Å². The van der Waals surface area contributed by atoms with Gasteiger partial charge in [-0.3, -0.25) is 9.59 Å². The second-order valence-corrected chi connectivity index (χ2v) is 5.07. The van der Waals surface area contributed by atoms with Crippen LogP contribution in [0.4, 0.5) is 0 Å². The Hall–Kier alpha value is -1.90. The van der Waals surface area contributed by atoms with Crippen LogP contribution in [0.15, 0.2) is 29.8 Å². The number of ketones is 1. The maximum atomic E-state index is 11.6. The molecule has 1 aromatic rings. The standard InChI is InChI=1S/C16H20O3/c1-10(2)15(12(4)17)14-7-5-13(6-8-14)9-11(3)16(18)19/h5-8,11H,9H2,1-4H3,(H,18,19)/t11-/m0/s1. The van der Waals surface area contributed by atoms with Gasteiger partial charge in [0.1, 0.15) is 0 Å². The number of allylic oxidation sites excluding steroid dienone is 2. The van der Waals surface area contributed by atoms with Crippen LogP contribution >= 0.6 is 0 Å². The van der Waals surface area contributed by atoms with E-state index in [0.717, 1.165) is 22.3 Å². The van der Waals surface area contributed by atoms with E-state index in [1.54, 1.807) is 13.8 Å². The first-order chi connectivity index (χ1) is 8.82. The molecule has 1 aromatic carbocycles. The van der Waals surface area contributed by atoms with E-state index in [4.69, 9.17) is 5.11 Å². The molecular weight excluding hydrogens is 240 g/mol. The van der Waals surface area contributed by atoms with Crippen LogP contribution in [0.1, 0.15) is 38.8 Å². The molecule has 1 rings (SSSR count). The van der Waals surface area contributed by atoms with Gasteiger partial charge in [-0.2, -0.15) is 0 Å². The molecule has 0 saturated carbocycles. The Morgan fingerprint density at radius 3 is 2.00 bits per heavy atom. The fraction of sp³-hybridized carbons (Fsp3) is 0.375. The van der Waals surface area contributed by atoms with E-state index in [-0.39, 0.29) is 5.78 Å². The summed E-state index contributed by atoms with van der Waals surface area (Å²) in [5.74, 6) is -1.15. The van der Waals surface area contributed by atoms with Gasteiger partial charge in [0.25, 0.3) is 0 Å². The van der Waals surface area contributed by atoms with Crippen molar-refractivity contribution >= 4 is 17.3 Å². The van der Waals surface area contributed by atoms with Gasteiger partial charge in [0.05, 0.1) is 5.92 Å². The van der Waals surface area contributed by atoms with Crippen molar-refractivity contribution in [2.75, 3.05) is 0 Å². The summed E-state index contributed by atoms with van der Waals surface area (Å²) in [4.78, 5) is 22.4. The van der Waals surface area contributed by atoms with Crippen LogP contribution in [0, 0.1) is 5.92 Å². The van der Waals surface area contributed by atoms with Gasteiger partial charge in [-0.05, 0) is 38.3 Å². The summed E-state index contributed by atoms with van der Waals surface area (Å²) in [7, 11) is 0. The van der Waals surface area contributed by atoms with Crippen molar-refractivity contribution in [3.05, 3.63) is 41.0 Å². The maximum Gasteiger partial charge on any atom is 0.306 e. The number of carboxylic acid groups (broad SMARTS) is 1. The summed E-state index contributed by atoms with van der Waals surface area (Å²) in [6.07, 6.45) is 0.500. The molecule has 102 valence electrons. The lowest BCUT2D eigenvalue weighted by Crippen LogP contribution is -2.12. The van der Waals surface area contributed by atoms with E-state index in [1.807, 2.05) is 38.1 Å². The highest BCUT2D eigenvalue weighted by molar-refractivity contribution is 6.20. The van der Waals surface area contributed by atoms with Crippen LogP contribution in [0.2, 0.25) is 0 Å². The Balaban J connectivity index is 2.97. The molecule has 0 saturated heterocycles. The van der Waals surface area contributed by atoms with E-state index in [9.17, 15) is 9.59 Å². The average Bonchev–Trinajstić information content (AvgIpc) is 2.30. The maximum absolute atomic E-state index is 11.6. The Kier molecular flexibility index (Phi) is 5.04. The molecule has 0 aliphatic rings. The minimum Gasteiger partial charge on any atom is -0.481 e. The normalized spacial score (nSPS) is 11.8. The highest BCUT2D eigenvalue weighted by Crippen LogP contribution is 2.21. The van der Waals surface area contributed by atoms with E-state index in [2.05, 4.69) is 0 Å². The summed E-state index contributed by atoms with van der Waals surface area (Å²) in [6, 6.07) is 7.54. The molecule has 0 fully saturated rings. The molecule has 1 N–H and O–H groups in total. The molecule has 0 spiro atoms. The van der Waals surface area contributed by atoms with Crippen LogP contribution < -0.4 is 0 Å². The molecule has 19 heavy (non-hydrogen) atoms. The van der Waals surface area contributed by atoms with Gasteiger partial charge < -0.3 is 5.11 Å². The number of hydrogen-bond donors (Lipinski definition) is 1. The van der Waals surface area contributed by atoms with Crippen molar-refractivity contribution in [1.29, 1.82) is 0 Å². The molecule has 0 aliphatic heterocycles. The Morgan fingerprint density at radius 1 is 1.11 bits per heavy atom. The first kappa shape index (κ1) is 15.2. The van der Waals surface area contributed by atoms with E-state index in [0.29, 0.717) is 6.42 Å². The number of Topliss-reactive ketones (excluding diaryl/α,β-unsaturated/α-hetero) is 1. The second-order valence-electron chi connectivity index (χ2n) is 5.07. The molecule has 0 heterocycles. The van der Waals surface area contributed by atoms with Crippen LogP contribution in [0.5, 0.6) is 0 Å². The molecule has 0 amide bonds. The summed E-state index contributed by atoms with van der Waals surface area (Å²) in [6.45, 7) is 7.07. The van der Waals surface area contributed by atoms with Gasteiger partial charge in [-0.25, -0.2) is 0 Å². The van der Waals surface area contributed by atoms with Crippen molar-refractivity contribution in [3.63, 3.8) is 0 Å².